The van der Waals surface area contributed by atoms with E-state index in [-0.39, 0.29) is 17.9 Å². The van der Waals surface area contributed by atoms with E-state index < -0.39 is 5.54 Å². The highest BCUT2D eigenvalue weighted by Crippen LogP contribution is 2.36. The van der Waals surface area contributed by atoms with E-state index in [1.165, 1.54) is 30.4 Å². The molecular formula is C31H50N6O2S. The van der Waals surface area contributed by atoms with Crippen molar-refractivity contribution in [3.05, 3.63) is 28.8 Å². The number of fused-ring (bicyclic) bond motifs is 1. The lowest BCUT2D eigenvalue weighted by molar-refractivity contribution is -0.148. The molecule has 1 aromatic rings. The SMILES string of the molecule is CCc1cc(C)cc(C)c1/N=C1\SCC(C)(C(=O)NCCN(C)C)N(CCN2CCCCC2)C(=O)C2CCCN12. The van der Waals surface area contributed by atoms with E-state index in [0.29, 0.717) is 18.8 Å². The molecule has 0 saturated carbocycles. The molecule has 3 heterocycles. The third kappa shape index (κ3) is 7.02. The fraction of sp³-hybridized carbons (Fsp3) is 0.710. The summed E-state index contributed by atoms with van der Waals surface area (Å²) in [6, 6.07) is 4.12. The molecule has 0 bridgehead atoms. The summed E-state index contributed by atoms with van der Waals surface area (Å²) < 4.78 is 0. The highest BCUT2D eigenvalue weighted by Gasteiger charge is 2.49. The lowest BCUT2D eigenvalue weighted by Crippen LogP contribution is -2.66. The Morgan fingerprint density at radius 2 is 1.88 bits per heavy atom. The largest absolute Gasteiger partial charge is 0.353 e. The van der Waals surface area contributed by atoms with Crippen molar-refractivity contribution in [1.29, 1.82) is 0 Å². The minimum atomic E-state index is -0.963. The van der Waals surface area contributed by atoms with Crippen molar-refractivity contribution in [2.45, 2.75) is 77.8 Å². The van der Waals surface area contributed by atoms with Crippen molar-refractivity contribution >= 4 is 34.4 Å². The van der Waals surface area contributed by atoms with Gasteiger partial charge in [-0.1, -0.05) is 42.8 Å². The summed E-state index contributed by atoms with van der Waals surface area (Å²) >= 11 is 1.64. The first-order chi connectivity index (χ1) is 19.1. The number of thioether (sulfide) groups is 1. The van der Waals surface area contributed by atoms with Crippen molar-refractivity contribution in [3.8, 4) is 0 Å². The zero-order chi connectivity index (χ0) is 28.9. The molecule has 9 heteroatoms. The molecule has 1 aromatic carbocycles. The van der Waals surface area contributed by atoms with Gasteiger partial charge in [0, 0.05) is 38.5 Å². The number of likely N-dealkylation sites (N-methyl/N-ethyl adjacent to an activating group) is 1. The van der Waals surface area contributed by atoms with E-state index in [4.69, 9.17) is 4.99 Å². The van der Waals surface area contributed by atoms with Gasteiger partial charge in [0.2, 0.25) is 11.8 Å². The number of carbonyl (C=O) groups is 2. The molecule has 3 aliphatic rings. The van der Waals surface area contributed by atoms with Crippen molar-refractivity contribution < 1.29 is 9.59 Å². The number of amides is 2. The second-order valence-corrected chi connectivity index (χ2v) is 13.1. The maximum Gasteiger partial charge on any atom is 0.246 e. The van der Waals surface area contributed by atoms with Gasteiger partial charge in [0.1, 0.15) is 11.6 Å². The molecule has 2 amide bonds. The maximum atomic E-state index is 14.4. The number of aliphatic imine (C=N–C) groups is 1. The lowest BCUT2D eigenvalue weighted by Gasteiger charge is -2.45. The predicted octanol–water partition coefficient (Wildman–Crippen LogP) is 3.82. The summed E-state index contributed by atoms with van der Waals surface area (Å²) in [7, 11) is 4.01. The third-order valence-corrected chi connectivity index (χ3v) is 9.95. The van der Waals surface area contributed by atoms with Crippen LogP contribution in [0.1, 0.15) is 62.6 Å². The molecule has 0 aliphatic carbocycles. The number of amidine groups is 1. The van der Waals surface area contributed by atoms with Crippen molar-refractivity contribution in [3.63, 3.8) is 0 Å². The van der Waals surface area contributed by atoms with Crippen molar-refractivity contribution in [1.82, 2.24) is 24.9 Å². The summed E-state index contributed by atoms with van der Waals surface area (Å²) in [5, 5.41) is 4.04. The van der Waals surface area contributed by atoms with Crippen molar-refractivity contribution in [2.75, 3.05) is 65.7 Å². The minimum Gasteiger partial charge on any atom is -0.353 e. The molecule has 0 radical (unpaired) electrons. The Morgan fingerprint density at radius 1 is 1.12 bits per heavy atom. The van der Waals surface area contributed by atoms with Crippen LogP contribution in [0.3, 0.4) is 0 Å². The van der Waals surface area contributed by atoms with Crippen LogP contribution in [-0.2, 0) is 16.0 Å². The van der Waals surface area contributed by atoms with Gasteiger partial charge in [0.05, 0.1) is 5.69 Å². The van der Waals surface area contributed by atoms with Crippen LogP contribution in [0.25, 0.3) is 0 Å². The fourth-order valence-electron chi connectivity index (χ4n) is 6.26. The zero-order valence-electron chi connectivity index (χ0n) is 25.6. The topological polar surface area (TPSA) is 71.5 Å². The van der Waals surface area contributed by atoms with Crippen LogP contribution in [0.15, 0.2) is 17.1 Å². The van der Waals surface area contributed by atoms with Gasteiger partial charge in [0.25, 0.3) is 0 Å². The smallest absolute Gasteiger partial charge is 0.246 e. The second-order valence-electron chi connectivity index (χ2n) is 12.2. The molecule has 8 nitrogen and oxygen atoms in total. The molecule has 3 saturated heterocycles. The Balaban J connectivity index is 1.68. The number of nitrogens with one attached hydrogen (secondary N) is 1. The molecular weight excluding hydrogens is 520 g/mol. The highest BCUT2D eigenvalue weighted by molar-refractivity contribution is 8.13. The number of hydrogen-bond donors (Lipinski definition) is 1. The molecule has 0 spiro atoms. The van der Waals surface area contributed by atoms with Gasteiger partial charge >= 0.3 is 0 Å². The monoisotopic (exact) mass is 570 g/mol. The average molecular weight is 571 g/mol. The summed E-state index contributed by atoms with van der Waals surface area (Å²) in [6.07, 6.45) is 6.35. The van der Waals surface area contributed by atoms with Gasteiger partial charge in [0.15, 0.2) is 5.17 Å². The molecule has 222 valence electrons. The van der Waals surface area contributed by atoms with Crippen LogP contribution in [0, 0.1) is 13.8 Å². The lowest BCUT2D eigenvalue weighted by atomic mass is 9.98. The van der Waals surface area contributed by atoms with Crippen molar-refractivity contribution in [2.24, 2.45) is 4.99 Å². The quantitative estimate of drug-likeness (QED) is 0.487. The van der Waals surface area contributed by atoms with E-state index in [2.05, 4.69) is 52.9 Å². The van der Waals surface area contributed by atoms with Gasteiger partial charge in [-0.15, -0.1) is 0 Å². The number of likely N-dealkylation sites (tertiary alicyclic amines) is 1. The molecule has 40 heavy (non-hydrogen) atoms. The molecule has 2 unspecified atom stereocenters. The number of piperidine rings is 1. The first-order valence-corrected chi connectivity index (χ1v) is 16.2. The van der Waals surface area contributed by atoms with Crippen LogP contribution in [-0.4, -0.2) is 114 Å². The summed E-state index contributed by atoms with van der Waals surface area (Å²) in [6.45, 7) is 14.0. The average Bonchev–Trinajstić information content (AvgIpc) is 3.41. The standard InChI is InChI=1S/C31H50N6O2S/c1-7-25-21-23(2)20-24(3)27(25)33-30-36-16-11-12-26(36)28(38)37(19-18-35-14-9-8-10-15-35)31(4,22-40-30)29(39)32-13-17-34(5)6/h20-21,26H,7-19,22H2,1-6H3,(H,32,39)/b33-30-. The van der Waals surface area contributed by atoms with Gasteiger partial charge in [-0.2, -0.15) is 0 Å². The zero-order valence-corrected chi connectivity index (χ0v) is 26.4. The number of rotatable bonds is 9. The number of carbonyl (C=O) groups excluding carboxylic acids is 2. The Hall–Kier alpha value is -2.10. The van der Waals surface area contributed by atoms with Crippen LogP contribution >= 0.6 is 11.8 Å². The van der Waals surface area contributed by atoms with Crippen LogP contribution in [0.5, 0.6) is 0 Å². The maximum absolute atomic E-state index is 14.4. The van der Waals surface area contributed by atoms with E-state index in [0.717, 1.165) is 68.4 Å². The number of nitrogens with zero attached hydrogens (tertiary/aromatic N) is 5. The summed E-state index contributed by atoms with van der Waals surface area (Å²) in [4.78, 5) is 42.2. The fourth-order valence-corrected chi connectivity index (χ4v) is 7.50. The second kappa shape index (κ2) is 13.7. The molecule has 2 atom stereocenters. The molecule has 1 N–H and O–H groups in total. The highest BCUT2D eigenvalue weighted by atomic mass is 32.2. The van der Waals surface area contributed by atoms with E-state index in [1.54, 1.807) is 11.8 Å². The van der Waals surface area contributed by atoms with E-state index in [9.17, 15) is 9.59 Å². The Morgan fingerprint density at radius 3 is 2.58 bits per heavy atom. The molecule has 0 aromatic heterocycles. The van der Waals surface area contributed by atoms with Gasteiger partial charge in [-0.3, -0.25) is 9.59 Å². The Kier molecular flexibility index (Phi) is 10.6. The number of benzene rings is 1. The third-order valence-electron chi connectivity index (χ3n) is 8.66. The summed E-state index contributed by atoms with van der Waals surface area (Å²) in [5.41, 5.74) is 3.66. The first kappa shape index (κ1) is 30.8. The van der Waals surface area contributed by atoms with E-state index >= 15 is 0 Å². The Labute approximate surface area is 245 Å². The van der Waals surface area contributed by atoms with Crippen LogP contribution < -0.4 is 5.32 Å². The molecule has 4 rings (SSSR count). The van der Waals surface area contributed by atoms with Gasteiger partial charge in [-0.05, 0) is 91.2 Å². The number of hydrogen-bond acceptors (Lipinski definition) is 6. The van der Waals surface area contributed by atoms with Crippen LogP contribution in [0.4, 0.5) is 5.69 Å². The minimum absolute atomic E-state index is 0.0691. The van der Waals surface area contributed by atoms with Gasteiger partial charge in [-0.25, -0.2) is 4.99 Å². The van der Waals surface area contributed by atoms with Gasteiger partial charge < -0.3 is 24.9 Å². The van der Waals surface area contributed by atoms with E-state index in [1.807, 2.05) is 25.9 Å². The number of aryl methyl sites for hydroxylation is 3. The Bertz CT molecular complexity index is 1090. The molecule has 3 fully saturated rings. The first-order valence-electron chi connectivity index (χ1n) is 15.2. The predicted molar refractivity (Wildman–Crippen MR) is 167 cm³/mol. The summed E-state index contributed by atoms with van der Waals surface area (Å²) in [5.74, 6) is 0.477. The molecule has 3 aliphatic heterocycles. The normalized spacial score (nSPS) is 25.3. The van der Waals surface area contributed by atoms with Crippen LogP contribution in [0.2, 0.25) is 0 Å².